The topological polar surface area (TPSA) is 110 Å². The molecule has 0 bridgehead atoms. The summed E-state index contributed by atoms with van der Waals surface area (Å²) in [6.45, 7) is 2.41. The van der Waals surface area contributed by atoms with Crippen LogP contribution in [0.15, 0.2) is 34.8 Å². The number of carbonyl (C=O) groups excluding carboxylic acids is 1. The molecule has 1 saturated heterocycles. The first-order valence-electron chi connectivity index (χ1n) is 10.6. The number of hydrogen-bond donors (Lipinski definition) is 1. The van der Waals surface area contributed by atoms with Crippen LogP contribution in [0.2, 0.25) is 0 Å². The third kappa shape index (κ3) is 3.55. The minimum absolute atomic E-state index is 0.0310. The van der Waals surface area contributed by atoms with Crippen LogP contribution in [0.4, 0.5) is 0 Å². The molecule has 0 spiro atoms. The van der Waals surface area contributed by atoms with Gasteiger partial charge >= 0.3 is 0 Å². The number of nitriles is 1. The van der Waals surface area contributed by atoms with Gasteiger partial charge in [-0.2, -0.15) is 5.26 Å². The number of methoxy groups -OCH3 is 3. The van der Waals surface area contributed by atoms with Crippen LogP contribution >= 0.6 is 0 Å². The highest BCUT2D eigenvalue weighted by Crippen LogP contribution is 2.48. The number of carbonyl (C=O) groups is 1. The Morgan fingerprint density at radius 1 is 1.09 bits per heavy atom. The molecule has 2 N–H and O–H groups in total. The monoisotopic (exact) mass is 440 g/mol. The van der Waals surface area contributed by atoms with Gasteiger partial charge in [-0.25, -0.2) is 5.01 Å². The molecule has 0 aromatic heterocycles. The highest BCUT2D eigenvalue weighted by atomic mass is 16.5. The first-order chi connectivity index (χ1) is 15.5. The lowest BCUT2D eigenvalue weighted by Gasteiger charge is -2.45. The van der Waals surface area contributed by atoms with E-state index in [4.69, 9.17) is 24.7 Å². The van der Waals surface area contributed by atoms with Crippen LogP contribution in [0.5, 0.6) is 17.2 Å². The molecule has 170 valence electrons. The largest absolute Gasteiger partial charge is 0.493 e. The molecular formula is C23H28N4O5. The fourth-order valence-corrected chi connectivity index (χ4v) is 4.75. The van der Waals surface area contributed by atoms with Gasteiger partial charge in [-0.1, -0.05) is 0 Å². The number of nitrogens with two attached hydrogens (primary N) is 1. The Bertz CT molecular complexity index is 995. The molecule has 1 aromatic carbocycles. The molecule has 0 saturated carbocycles. The van der Waals surface area contributed by atoms with Crippen molar-refractivity contribution in [2.45, 2.75) is 25.2 Å². The molecule has 1 aromatic rings. The van der Waals surface area contributed by atoms with Crippen molar-refractivity contribution in [1.29, 1.82) is 5.26 Å². The third-order valence-electron chi connectivity index (χ3n) is 6.18. The van der Waals surface area contributed by atoms with Crippen molar-refractivity contribution in [2.75, 3.05) is 47.6 Å². The summed E-state index contributed by atoms with van der Waals surface area (Å²) in [4.78, 5) is 13.3. The summed E-state index contributed by atoms with van der Waals surface area (Å²) >= 11 is 0. The van der Waals surface area contributed by atoms with Crippen LogP contribution in [0.3, 0.4) is 0 Å². The first kappa shape index (κ1) is 22.0. The minimum Gasteiger partial charge on any atom is -0.493 e. The Hall–Kier alpha value is -3.22. The van der Waals surface area contributed by atoms with E-state index in [1.54, 1.807) is 12.1 Å². The molecule has 2 heterocycles. The van der Waals surface area contributed by atoms with Gasteiger partial charge in [0.25, 0.3) is 0 Å². The maximum Gasteiger partial charge on any atom is 0.203 e. The molecule has 9 heteroatoms. The zero-order valence-corrected chi connectivity index (χ0v) is 18.6. The van der Waals surface area contributed by atoms with Crippen LogP contribution in [0.25, 0.3) is 0 Å². The van der Waals surface area contributed by atoms with Crippen molar-refractivity contribution in [3.05, 3.63) is 40.4 Å². The minimum atomic E-state index is -0.603. The predicted molar refractivity (Wildman–Crippen MR) is 116 cm³/mol. The summed E-state index contributed by atoms with van der Waals surface area (Å²) in [6.07, 6.45) is 1.89. The van der Waals surface area contributed by atoms with Crippen molar-refractivity contribution in [1.82, 2.24) is 10.0 Å². The Morgan fingerprint density at radius 3 is 2.31 bits per heavy atom. The molecule has 1 fully saturated rings. The second kappa shape index (κ2) is 9.10. The SMILES string of the molecule is COc1cc([C@H]2C(C#N)=C(N)N(N3CCOCC3)C3=C2C(=O)CCC3)cc(OC)c1OC. The predicted octanol–water partition coefficient (Wildman–Crippen LogP) is 2.06. The van der Waals surface area contributed by atoms with Gasteiger partial charge < -0.3 is 24.7 Å². The molecule has 1 atom stereocenters. The average molecular weight is 441 g/mol. The van der Waals surface area contributed by atoms with E-state index in [-0.39, 0.29) is 5.78 Å². The van der Waals surface area contributed by atoms with Crippen molar-refractivity contribution in [3.8, 4) is 23.3 Å². The summed E-state index contributed by atoms with van der Waals surface area (Å²) < 4.78 is 22.0. The molecular weight excluding hydrogens is 412 g/mol. The van der Waals surface area contributed by atoms with Crippen LogP contribution < -0.4 is 19.9 Å². The fourth-order valence-electron chi connectivity index (χ4n) is 4.75. The van der Waals surface area contributed by atoms with Gasteiger partial charge in [0.05, 0.1) is 52.1 Å². The van der Waals surface area contributed by atoms with Crippen LogP contribution in [0, 0.1) is 11.3 Å². The number of morpholine rings is 1. The van der Waals surface area contributed by atoms with Gasteiger partial charge in [0.2, 0.25) is 5.75 Å². The zero-order chi connectivity index (χ0) is 22.8. The van der Waals surface area contributed by atoms with Crippen molar-refractivity contribution < 1.29 is 23.7 Å². The summed E-state index contributed by atoms with van der Waals surface area (Å²) in [5, 5.41) is 14.1. The van der Waals surface area contributed by atoms with Gasteiger partial charge in [0.15, 0.2) is 17.3 Å². The molecule has 2 aliphatic heterocycles. The lowest BCUT2D eigenvalue weighted by Crippen LogP contribution is -2.52. The van der Waals surface area contributed by atoms with E-state index in [1.165, 1.54) is 21.3 Å². The zero-order valence-electron chi connectivity index (χ0n) is 18.6. The van der Waals surface area contributed by atoms with Crippen molar-refractivity contribution in [3.63, 3.8) is 0 Å². The van der Waals surface area contributed by atoms with Gasteiger partial charge in [0.1, 0.15) is 5.82 Å². The number of hydrazine groups is 1. The summed E-state index contributed by atoms with van der Waals surface area (Å²) in [5.74, 6) is 1.14. The smallest absolute Gasteiger partial charge is 0.203 e. The number of Topliss-reactive ketones (excluding diaryl/α,β-unsaturated/α-hetero) is 1. The van der Waals surface area contributed by atoms with Gasteiger partial charge in [0, 0.05) is 30.8 Å². The van der Waals surface area contributed by atoms with E-state index < -0.39 is 5.92 Å². The van der Waals surface area contributed by atoms with E-state index in [2.05, 4.69) is 11.1 Å². The van der Waals surface area contributed by atoms with E-state index in [0.29, 0.717) is 78.9 Å². The Balaban J connectivity index is 1.92. The maximum absolute atomic E-state index is 13.3. The molecule has 0 radical (unpaired) electrons. The number of ether oxygens (including phenoxy) is 4. The number of allylic oxidation sites excluding steroid dienone is 3. The maximum atomic E-state index is 13.3. The first-order valence-corrected chi connectivity index (χ1v) is 10.6. The van der Waals surface area contributed by atoms with Gasteiger partial charge in [-0.3, -0.25) is 9.80 Å². The third-order valence-corrected chi connectivity index (χ3v) is 6.18. The molecule has 32 heavy (non-hydrogen) atoms. The van der Waals surface area contributed by atoms with Crippen molar-refractivity contribution in [2.24, 2.45) is 5.73 Å². The Labute approximate surface area is 187 Å². The standard InChI is InChI=1S/C23H28N4O5/c1-29-18-11-14(12-19(30-2)22(18)31-3)20-15(13-24)23(25)27(26-7-9-32-10-8-26)16-5-4-6-17(28)21(16)20/h11-12,20H,4-10,25H2,1-3H3/t20-/m0/s1. The number of hydrogen-bond acceptors (Lipinski definition) is 9. The fraction of sp³-hybridized carbons (Fsp3) is 0.478. The summed E-state index contributed by atoms with van der Waals surface area (Å²) in [5.41, 5.74) is 9.11. The lowest BCUT2D eigenvalue weighted by atomic mass is 9.76. The highest BCUT2D eigenvalue weighted by molar-refractivity contribution is 5.99. The number of nitrogens with zero attached hydrogens (tertiary/aromatic N) is 3. The Kier molecular flexibility index (Phi) is 6.26. The van der Waals surface area contributed by atoms with E-state index in [0.717, 1.165) is 12.1 Å². The quantitative estimate of drug-likeness (QED) is 0.735. The van der Waals surface area contributed by atoms with Crippen LogP contribution in [0.1, 0.15) is 30.7 Å². The summed E-state index contributed by atoms with van der Waals surface area (Å²) in [7, 11) is 4.60. The van der Waals surface area contributed by atoms with Crippen LogP contribution in [-0.2, 0) is 9.53 Å². The molecule has 1 aliphatic carbocycles. The highest BCUT2D eigenvalue weighted by Gasteiger charge is 2.42. The molecule has 0 unspecified atom stereocenters. The second-order valence-electron chi connectivity index (χ2n) is 7.82. The second-order valence-corrected chi connectivity index (χ2v) is 7.82. The molecule has 4 rings (SSSR count). The number of benzene rings is 1. The van der Waals surface area contributed by atoms with E-state index in [9.17, 15) is 10.1 Å². The van der Waals surface area contributed by atoms with E-state index in [1.807, 2.05) is 5.01 Å². The number of ketones is 1. The van der Waals surface area contributed by atoms with Crippen LogP contribution in [-0.4, -0.2) is 63.4 Å². The lowest BCUT2D eigenvalue weighted by molar-refractivity contribution is -0.117. The van der Waals surface area contributed by atoms with Gasteiger partial charge in [-0.15, -0.1) is 0 Å². The normalized spacial score (nSPS) is 21.9. The Morgan fingerprint density at radius 2 is 1.75 bits per heavy atom. The van der Waals surface area contributed by atoms with Gasteiger partial charge in [-0.05, 0) is 30.5 Å². The van der Waals surface area contributed by atoms with Crippen molar-refractivity contribution >= 4 is 5.78 Å². The average Bonchev–Trinajstić information content (AvgIpc) is 2.83. The summed E-state index contributed by atoms with van der Waals surface area (Å²) in [6, 6.07) is 5.85. The number of rotatable bonds is 5. The van der Waals surface area contributed by atoms with E-state index >= 15 is 0 Å². The molecule has 9 nitrogen and oxygen atoms in total. The molecule has 0 amide bonds. The molecule has 3 aliphatic rings.